The molecule has 1 aromatic carbocycles. The van der Waals surface area contributed by atoms with Crippen molar-refractivity contribution >= 4 is 45.0 Å². The maximum absolute atomic E-state index is 11.5. The van der Waals surface area contributed by atoms with Crippen LogP contribution in [0.1, 0.15) is 15.9 Å². The second kappa shape index (κ2) is 6.24. The first-order chi connectivity index (χ1) is 9.51. The van der Waals surface area contributed by atoms with Crippen LogP contribution in [0.3, 0.4) is 0 Å². The summed E-state index contributed by atoms with van der Waals surface area (Å²) in [4.78, 5) is 15.6. The number of nitrogens with zero attached hydrogens (tertiary/aromatic N) is 1. The van der Waals surface area contributed by atoms with Crippen LogP contribution < -0.4 is 5.32 Å². The fourth-order valence-electron chi connectivity index (χ4n) is 1.62. The zero-order chi connectivity index (χ0) is 14.7. The number of esters is 1. The third kappa shape index (κ3) is 3.29. The van der Waals surface area contributed by atoms with Crippen LogP contribution >= 0.6 is 27.5 Å². The van der Waals surface area contributed by atoms with Gasteiger partial charge >= 0.3 is 5.97 Å². The van der Waals surface area contributed by atoms with Crippen LogP contribution in [0.5, 0.6) is 0 Å². The minimum absolute atomic E-state index is 0.406. The van der Waals surface area contributed by atoms with Gasteiger partial charge in [-0.05, 0) is 52.7 Å². The highest BCUT2D eigenvalue weighted by Gasteiger charge is 2.09. The monoisotopic (exact) mass is 354 g/mol. The topological polar surface area (TPSA) is 51.2 Å². The Morgan fingerprint density at radius 2 is 2.15 bits per heavy atom. The van der Waals surface area contributed by atoms with E-state index in [2.05, 4.69) is 31.0 Å². The van der Waals surface area contributed by atoms with Gasteiger partial charge < -0.3 is 10.1 Å². The number of benzene rings is 1. The van der Waals surface area contributed by atoms with Crippen molar-refractivity contribution in [1.29, 1.82) is 0 Å². The molecule has 104 valence electrons. The number of pyridine rings is 1. The number of aromatic nitrogens is 1. The average molecular weight is 356 g/mol. The zero-order valence-electron chi connectivity index (χ0n) is 10.9. The number of halogens is 2. The number of nitrogens with one attached hydrogen (secondary N) is 1. The molecule has 0 amide bonds. The Kier molecular flexibility index (Phi) is 4.62. The summed E-state index contributed by atoms with van der Waals surface area (Å²) in [6, 6.07) is 6.92. The van der Waals surface area contributed by atoms with Crippen molar-refractivity contribution in [2.75, 3.05) is 12.4 Å². The van der Waals surface area contributed by atoms with E-state index in [1.54, 1.807) is 18.2 Å². The summed E-state index contributed by atoms with van der Waals surface area (Å²) < 4.78 is 5.54. The molecule has 0 aliphatic rings. The normalized spacial score (nSPS) is 10.2. The number of hydrogen-bond donors (Lipinski definition) is 1. The summed E-state index contributed by atoms with van der Waals surface area (Å²) in [5, 5.41) is 3.76. The lowest BCUT2D eigenvalue weighted by molar-refractivity contribution is 0.0600. The maximum atomic E-state index is 11.5. The third-order valence-corrected chi connectivity index (χ3v) is 3.76. The molecule has 0 atom stereocenters. The van der Waals surface area contributed by atoms with Crippen molar-refractivity contribution in [3.8, 4) is 0 Å². The molecule has 0 unspecified atom stereocenters. The van der Waals surface area contributed by atoms with E-state index in [9.17, 15) is 4.79 Å². The minimum atomic E-state index is -0.406. The molecule has 0 saturated carbocycles. The van der Waals surface area contributed by atoms with Gasteiger partial charge in [0.15, 0.2) is 0 Å². The lowest BCUT2D eigenvalue weighted by atomic mass is 10.2. The van der Waals surface area contributed by atoms with E-state index in [-0.39, 0.29) is 0 Å². The molecule has 1 aromatic heterocycles. The number of aryl methyl sites for hydroxylation is 1. The molecule has 0 spiro atoms. The third-order valence-electron chi connectivity index (χ3n) is 2.69. The molecule has 0 radical (unpaired) electrons. The van der Waals surface area contributed by atoms with E-state index in [0.717, 1.165) is 15.7 Å². The zero-order valence-corrected chi connectivity index (χ0v) is 13.2. The lowest BCUT2D eigenvalue weighted by Crippen LogP contribution is -2.03. The van der Waals surface area contributed by atoms with Crippen molar-refractivity contribution < 1.29 is 9.53 Å². The van der Waals surface area contributed by atoms with E-state index in [0.29, 0.717) is 16.4 Å². The average Bonchev–Trinajstić information content (AvgIpc) is 2.44. The molecular formula is C14H12BrClN2O2. The summed E-state index contributed by atoms with van der Waals surface area (Å²) in [6.45, 7) is 1.92. The van der Waals surface area contributed by atoms with E-state index in [1.807, 2.05) is 13.0 Å². The first-order valence-corrected chi connectivity index (χ1v) is 6.95. The largest absolute Gasteiger partial charge is 0.465 e. The molecule has 2 rings (SSSR count). The standard InChI is InChI=1S/C14H12BrClN2O2/c1-8-5-10(15)12(7-11(8)16)18-13-6-9(3-4-17-13)14(19)20-2/h3-7H,1-2H3,(H,17,18). The fraction of sp³-hybridized carbons (Fsp3) is 0.143. The molecule has 2 aromatic rings. The van der Waals surface area contributed by atoms with Gasteiger partial charge in [0, 0.05) is 15.7 Å². The molecule has 0 saturated heterocycles. The second-order valence-corrected chi connectivity index (χ2v) is 5.39. The molecule has 20 heavy (non-hydrogen) atoms. The number of methoxy groups -OCH3 is 1. The number of carbonyl (C=O) groups is 1. The fourth-order valence-corrected chi connectivity index (χ4v) is 2.34. The van der Waals surface area contributed by atoms with E-state index in [1.165, 1.54) is 13.3 Å². The summed E-state index contributed by atoms with van der Waals surface area (Å²) >= 11 is 9.56. The van der Waals surface area contributed by atoms with Crippen LogP contribution in [0.25, 0.3) is 0 Å². The van der Waals surface area contributed by atoms with Crippen molar-refractivity contribution in [3.05, 3.63) is 51.1 Å². The van der Waals surface area contributed by atoms with Crippen molar-refractivity contribution in [2.24, 2.45) is 0 Å². The number of ether oxygens (including phenoxy) is 1. The lowest BCUT2D eigenvalue weighted by Gasteiger charge is -2.10. The van der Waals surface area contributed by atoms with Gasteiger partial charge in [-0.15, -0.1) is 0 Å². The number of hydrogen-bond acceptors (Lipinski definition) is 4. The molecule has 4 nitrogen and oxygen atoms in total. The Balaban J connectivity index is 2.31. The van der Waals surface area contributed by atoms with Crippen LogP contribution in [0, 0.1) is 6.92 Å². The Morgan fingerprint density at radius 1 is 1.40 bits per heavy atom. The predicted molar refractivity (Wildman–Crippen MR) is 82.7 cm³/mol. The minimum Gasteiger partial charge on any atom is -0.465 e. The van der Waals surface area contributed by atoms with Crippen LogP contribution in [0.15, 0.2) is 34.9 Å². The molecule has 6 heteroatoms. The van der Waals surface area contributed by atoms with Gasteiger partial charge in [-0.25, -0.2) is 9.78 Å². The van der Waals surface area contributed by atoms with Crippen molar-refractivity contribution in [2.45, 2.75) is 6.92 Å². The van der Waals surface area contributed by atoms with Crippen LogP contribution in [0.4, 0.5) is 11.5 Å². The number of carbonyl (C=O) groups excluding carboxylic acids is 1. The quantitative estimate of drug-likeness (QED) is 0.832. The number of anilines is 2. The molecule has 0 bridgehead atoms. The van der Waals surface area contributed by atoms with E-state index < -0.39 is 5.97 Å². The summed E-state index contributed by atoms with van der Waals surface area (Å²) in [5.74, 6) is 0.130. The van der Waals surface area contributed by atoms with Gasteiger partial charge in [0.25, 0.3) is 0 Å². The Morgan fingerprint density at radius 3 is 2.85 bits per heavy atom. The van der Waals surface area contributed by atoms with Crippen LogP contribution in [-0.2, 0) is 4.74 Å². The molecule has 1 heterocycles. The maximum Gasteiger partial charge on any atom is 0.338 e. The van der Waals surface area contributed by atoms with Crippen LogP contribution in [0.2, 0.25) is 5.02 Å². The highest BCUT2D eigenvalue weighted by molar-refractivity contribution is 9.10. The smallest absolute Gasteiger partial charge is 0.338 e. The van der Waals surface area contributed by atoms with E-state index in [4.69, 9.17) is 11.6 Å². The summed E-state index contributed by atoms with van der Waals surface area (Å²) in [6.07, 6.45) is 1.54. The summed E-state index contributed by atoms with van der Waals surface area (Å²) in [7, 11) is 1.34. The van der Waals surface area contributed by atoms with Gasteiger partial charge in [-0.1, -0.05) is 11.6 Å². The van der Waals surface area contributed by atoms with Gasteiger partial charge in [0.05, 0.1) is 18.4 Å². The SMILES string of the molecule is COC(=O)c1ccnc(Nc2cc(Cl)c(C)cc2Br)c1. The second-order valence-electron chi connectivity index (χ2n) is 4.13. The molecular weight excluding hydrogens is 344 g/mol. The number of rotatable bonds is 3. The van der Waals surface area contributed by atoms with Gasteiger partial charge in [0.2, 0.25) is 0 Å². The molecule has 0 aliphatic heterocycles. The van der Waals surface area contributed by atoms with E-state index >= 15 is 0 Å². The Labute approximate surface area is 130 Å². The van der Waals surface area contributed by atoms with Crippen molar-refractivity contribution in [1.82, 2.24) is 4.98 Å². The molecule has 0 aliphatic carbocycles. The molecule has 0 fully saturated rings. The van der Waals surface area contributed by atoms with Gasteiger partial charge in [-0.2, -0.15) is 0 Å². The first kappa shape index (κ1) is 14.8. The highest BCUT2D eigenvalue weighted by atomic mass is 79.9. The van der Waals surface area contributed by atoms with Crippen molar-refractivity contribution in [3.63, 3.8) is 0 Å². The van der Waals surface area contributed by atoms with Gasteiger partial charge in [0.1, 0.15) is 5.82 Å². The Hall–Kier alpha value is -1.59. The predicted octanol–water partition coefficient (Wildman–Crippen LogP) is 4.34. The summed E-state index contributed by atoms with van der Waals surface area (Å²) in [5.41, 5.74) is 2.18. The first-order valence-electron chi connectivity index (χ1n) is 5.78. The highest BCUT2D eigenvalue weighted by Crippen LogP contribution is 2.31. The molecule has 1 N–H and O–H groups in total. The Bertz CT molecular complexity index is 662. The van der Waals surface area contributed by atoms with Crippen LogP contribution in [-0.4, -0.2) is 18.1 Å². The van der Waals surface area contributed by atoms with Gasteiger partial charge in [-0.3, -0.25) is 0 Å².